The predicted octanol–water partition coefficient (Wildman–Crippen LogP) is 5.32. The van der Waals surface area contributed by atoms with Gasteiger partial charge in [-0.1, -0.05) is 68.9 Å². The molecule has 3 aromatic carbocycles. The molecule has 0 saturated heterocycles. The first-order valence-electron chi connectivity index (χ1n) is 12.1. The third-order valence-electron chi connectivity index (χ3n) is 5.66. The molecule has 1 N–H and O–H groups in total. The van der Waals surface area contributed by atoms with Crippen LogP contribution in [0.15, 0.2) is 87.8 Å². The number of carbonyl (C=O) groups excluding carboxylic acids is 1. The lowest BCUT2D eigenvalue weighted by molar-refractivity contribution is -0.118. The highest BCUT2D eigenvalue weighted by Gasteiger charge is 2.15. The van der Waals surface area contributed by atoms with E-state index in [1.165, 1.54) is 21.9 Å². The summed E-state index contributed by atoms with van der Waals surface area (Å²) in [5.41, 5.74) is 5.77. The maximum absolute atomic E-state index is 13.4. The largest absolute Gasteiger partial charge is 0.494 e. The number of aromatic nitrogens is 2. The van der Waals surface area contributed by atoms with Crippen LogP contribution in [0.4, 0.5) is 0 Å². The summed E-state index contributed by atoms with van der Waals surface area (Å²) < 4.78 is 7.05. The molecule has 1 heterocycles. The molecule has 1 aromatic heterocycles. The van der Waals surface area contributed by atoms with E-state index in [1.54, 1.807) is 18.3 Å². The van der Waals surface area contributed by atoms with Gasteiger partial charge >= 0.3 is 0 Å². The molecule has 0 saturated carbocycles. The number of carbonyl (C=O) groups is 1. The van der Waals surface area contributed by atoms with E-state index in [2.05, 4.69) is 48.4 Å². The molecule has 4 rings (SSSR count). The summed E-state index contributed by atoms with van der Waals surface area (Å²) in [6.45, 7) is 8.95. The fourth-order valence-corrected chi connectivity index (χ4v) is 4.51. The van der Waals surface area contributed by atoms with Crippen LogP contribution in [0.25, 0.3) is 16.6 Å². The molecule has 0 spiro atoms. The third-order valence-corrected chi connectivity index (χ3v) is 6.60. The van der Waals surface area contributed by atoms with Crippen molar-refractivity contribution in [1.82, 2.24) is 15.0 Å². The number of fused-ring (bicyclic) bond motifs is 1. The minimum atomic E-state index is -0.298. The van der Waals surface area contributed by atoms with Crippen LogP contribution < -0.4 is 15.7 Å². The van der Waals surface area contributed by atoms with Gasteiger partial charge in [0.25, 0.3) is 11.5 Å². The number of thioether (sulfide) groups is 1. The van der Waals surface area contributed by atoms with E-state index in [0.29, 0.717) is 34.1 Å². The van der Waals surface area contributed by atoms with Gasteiger partial charge in [-0.25, -0.2) is 10.4 Å². The van der Waals surface area contributed by atoms with Crippen LogP contribution in [0.2, 0.25) is 0 Å². The van der Waals surface area contributed by atoms with Gasteiger partial charge in [0.05, 0.1) is 35.2 Å². The van der Waals surface area contributed by atoms with Gasteiger partial charge in [-0.2, -0.15) is 5.10 Å². The van der Waals surface area contributed by atoms with Crippen molar-refractivity contribution >= 4 is 34.8 Å². The lowest BCUT2D eigenvalue weighted by Crippen LogP contribution is -2.24. The summed E-state index contributed by atoms with van der Waals surface area (Å²) in [5.74, 6) is 0.461. The summed E-state index contributed by atoms with van der Waals surface area (Å²) in [6, 6.07) is 22.5. The number of amides is 1. The number of hydrogen-bond acceptors (Lipinski definition) is 6. The van der Waals surface area contributed by atoms with Crippen molar-refractivity contribution in [3.63, 3.8) is 0 Å². The monoisotopic (exact) mass is 514 g/mol. The molecule has 4 aromatic rings. The first-order valence-corrected chi connectivity index (χ1v) is 13.0. The van der Waals surface area contributed by atoms with Gasteiger partial charge in [0, 0.05) is 0 Å². The van der Waals surface area contributed by atoms with Crippen LogP contribution in [0.3, 0.4) is 0 Å². The molecular weight excluding hydrogens is 484 g/mol. The van der Waals surface area contributed by atoms with Gasteiger partial charge in [-0.05, 0) is 59.9 Å². The van der Waals surface area contributed by atoms with E-state index in [1.807, 2.05) is 55.5 Å². The highest BCUT2D eigenvalue weighted by atomic mass is 32.2. The van der Waals surface area contributed by atoms with Crippen LogP contribution in [-0.2, 0) is 10.2 Å². The van der Waals surface area contributed by atoms with Crippen LogP contribution in [0, 0.1) is 0 Å². The van der Waals surface area contributed by atoms with Crippen molar-refractivity contribution < 1.29 is 9.53 Å². The van der Waals surface area contributed by atoms with Crippen molar-refractivity contribution in [2.45, 2.75) is 38.3 Å². The number of para-hydroxylation sites is 1. The highest BCUT2D eigenvalue weighted by molar-refractivity contribution is 7.99. The summed E-state index contributed by atoms with van der Waals surface area (Å²) >= 11 is 1.18. The van der Waals surface area contributed by atoms with Crippen LogP contribution in [0.5, 0.6) is 5.75 Å². The van der Waals surface area contributed by atoms with Crippen molar-refractivity contribution in [3.05, 3.63) is 94.3 Å². The quantitative estimate of drug-likeness (QED) is 0.149. The average molecular weight is 515 g/mol. The number of nitrogens with zero attached hydrogens (tertiary/aromatic N) is 3. The average Bonchev–Trinajstić information content (AvgIpc) is 2.88. The van der Waals surface area contributed by atoms with Gasteiger partial charge < -0.3 is 4.74 Å². The molecule has 37 heavy (non-hydrogen) atoms. The van der Waals surface area contributed by atoms with Gasteiger partial charge in [0.15, 0.2) is 5.16 Å². The zero-order valence-corrected chi connectivity index (χ0v) is 22.2. The number of benzene rings is 3. The summed E-state index contributed by atoms with van der Waals surface area (Å²) in [4.78, 5) is 30.6. The molecule has 0 atom stereocenters. The minimum absolute atomic E-state index is 0.0438. The highest BCUT2D eigenvalue weighted by Crippen LogP contribution is 2.23. The Morgan fingerprint density at radius 1 is 1.05 bits per heavy atom. The molecule has 7 nitrogen and oxygen atoms in total. The number of ether oxygens (including phenoxy) is 1. The molecule has 0 unspecified atom stereocenters. The standard InChI is InChI=1S/C29H30N4O3S/c1-5-36-23-16-14-22(15-17-23)33-27(35)24-8-6-7-9-25(24)31-28(33)37-19-26(34)32-30-18-20-10-12-21(13-11-20)29(2,3)4/h6-18H,5,19H2,1-4H3,(H,32,34). The third kappa shape index (κ3) is 6.46. The SMILES string of the molecule is CCOc1ccc(-n2c(SCC(=O)NN=Cc3ccc(C(C)(C)C)cc3)nc3ccccc3c2=O)cc1. The molecule has 0 aliphatic heterocycles. The molecule has 0 aliphatic carbocycles. The van der Waals surface area contributed by atoms with Crippen molar-refractivity contribution in [2.24, 2.45) is 5.10 Å². The lowest BCUT2D eigenvalue weighted by atomic mass is 9.87. The molecule has 0 radical (unpaired) electrons. The molecular formula is C29H30N4O3S. The van der Waals surface area contributed by atoms with Crippen molar-refractivity contribution in [3.8, 4) is 11.4 Å². The Kier molecular flexibility index (Phi) is 8.08. The first kappa shape index (κ1) is 26.2. The van der Waals surface area contributed by atoms with Crippen LogP contribution in [-0.4, -0.2) is 34.0 Å². The van der Waals surface area contributed by atoms with Gasteiger partial charge in [-0.15, -0.1) is 0 Å². The first-order chi connectivity index (χ1) is 17.8. The maximum atomic E-state index is 13.4. The van der Waals surface area contributed by atoms with E-state index < -0.39 is 0 Å². The van der Waals surface area contributed by atoms with Gasteiger partial charge in [0.1, 0.15) is 5.75 Å². The second kappa shape index (κ2) is 11.4. The predicted molar refractivity (Wildman–Crippen MR) is 150 cm³/mol. The number of hydrazone groups is 1. The Morgan fingerprint density at radius 2 is 1.76 bits per heavy atom. The Morgan fingerprint density at radius 3 is 2.43 bits per heavy atom. The van der Waals surface area contributed by atoms with Gasteiger partial charge in [-0.3, -0.25) is 14.2 Å². The fraction of sp³-hybridized carbons (Fsp3) is 0.241. The Balaban J connectivity index is 1.50. The van der Waals surface area contributed by atoms with Crippen LogP contribution >= 0.6 is 11.8 Å². The Hall–Kier alpha value is -3.91. The van der Waals surface area contributed by atoms with E-state index in [4.69, 9.17) is 4.74 Å². The number of rotatable bonds is 8. The molecule has 0 fully saturated rings. The molecule has 0 aliphatic rings. The molecule has 1 amide bonds. The van der Waals surface area contributed by atoms with Crippen LogP contribution in [0.1, 0.15) is 38.8 Å². The summed E-state index contributed by atoms with van der Waals surface area (Å²) in [6.07, 6.45) is 1.61. The van der Waals surface area contributed by atoms with E-state index in [0.717, 1.165) is 5.56 Å². The molecule has 8 heteroatoms. The zero-order chi connectivity index (χ0) is 26.4. The van der Waals surface area contributed by atoms with E-state index in [-0.39, 0.29) is 22.6 Å². The van der Waals surface area contributed by atoms with Gasteiger partial charge in [0.2, 0.25) is 0 Å². The molecule has 190 valence electrons. The Bertz CT molecular complexity index is 1470. The van der Waals surface area contributed by atoms with Crippen molar-refractivity contribution in [2.75, 3.05) is 12.4 Å². The fourth-order valence-electron chi connectivity index (χ4n) is 3.71. The van der Waals surface area contributed by atoms with E-state index >= 15 is 0 Å². The topological polar surface area (TPSA) is 85.6 Å². The van der Waals surface area contributed by atoms with E-state index in [9.17, 15) is 9.59 Å². The van der Waals surface area contributed by atoms with Crippen molar-refractivity contribution in [1.29, 1.82) is 0 Å². The lowest BCUT2D eigenvalue weighted by Gasteiger charge is -2.18. The second-order valence-corrected chi connectivity index (χ2v) is 10.4. The minimum Gasteiger partial charge on any atom is -0.494 e. The summed E-state index contributed by atoms with van der Waals surface area (Å²) in [7, 11) is 0. The molecule has 0 bridgehead atoms. The maximum Gasteiger partial charge on any atom is 0.266 e. The normalized spacial score (nSPS) is 11.7. The Labute approximate surface area is 220 Å². The summed E-state index contributed by atoms with van der Waals surface area (Å²) in [5, 5.41) is 5.01. The second-order valence-electron chi connectivity index (χ2n) is 9.43. The number of hydrogen-bond donors (Lipinski definition) is 1. The smallest absolute Gasteiger partial charge is 0.266 e. The zero-order valence-electron chi connectivity index (χ0n) is 21.4. The number of nitrogens with one attached hydrogen (secondary N) is 1.